The van der Waals surface area contributed by atoms with Gasteiger partial charge in [0.05, 0.1) is 10.5 Å². The van der Waals surface area contributed by atoms with Gasteiger partial charge in [-0.3, -0.25) is 19.7 Å². The highest BCUT2D eigenvalue weighted by atomic mass is 35.5. The molecule has 9 nitrogen and oxygen atoms in total. The first-order chi connectivity index (χ1) is 16.4. The number of thiazole rings is 1. The Morgan fingerprint density at radius 2 is 1.79 bits per heavy atom. The molecule has 5 aromatic rings. The maximum atomic E-state index is 12.9. The van der Waals surface area contributed by atoms with E-state index in [-0.39, 0.29) is 33.1 Å². The van der Waals surface area contributed by atoms with E-state index in [0.29, 0.717) is 16.3 Å². The third kappa shape index (κ3) is 4.00. The molecule has 2 aromatic carbocycles. The second-order valence-corrected chi connectivity index (χ2v) is 8.71. The molecule has 0 aliphatic heterocycles. The topological polar surface area (TPSA) is 121 Å². The predicted octanol–water partition coefficient (Wildman–Crippen LogP) is 3.47. The molecular formula is C23H13ClN4O5S. The fourth-order valence-corrected chi connectivity index (χ4v) is 4.46. The number of para-hydroxylation sites is 1. The molecule has 5 rings (SSSR count). The van der Waals surface area contributed by atoms with Gasteiger partial charge < -0.3 is 4.42 Å². The summed E-state index contributed by atoms with van der Waals surface area (Å²) in [6.45, 7) is 0. The fraction of sp³-hybridized carbons (Fsp3) is 0.0435. The second-order valence-electron chi connectivity index (χ2n) is 7.27. The summed E-state index contributed by atoms with van der Waals surface area (Å²) in [4.78, 5) is 36.8. The zero-order valence-electron chi connectivity index (χ0n) is 17.2. The smallest absolute Gasteiger partial charge is 0.283 e. The number of nitrogens with zero attached hydrogens (tertiary/aromatic N) is 4. The Morgan fingerprint density at radius 3 is 2.56 bits per heavy atom. The van der Waals surface area contributed by atoms with Gasteiger partial charge in [-0.1, -0.05) is 47.2 Å². The van der Waals surface area contributed by atoms with Gasteiger partial charge in [0.15, 0.2) is 0 Å². The van der Waals surface area contributed by atoms with Crippen LogP contribution < -0.4 is 15.7 Å². The molecule has 0 aliphatic carbocycles. The van der Waals surface area contributed by atoms with E-state index in [1.54, 1.807) is 54.6 Å². The monoisotopic (exact) mass is 492 g/mol. The summed E-state index contributed by atoms with van der Waals surface area (Å²) in [5.41, 5.74) is 0.0904. The van der Waals surface area contributed by atoms with E-state index < -0.39 is 16.0 Å². The number of halogens is 1. The van der Waals surface area contributed by atoms with Crippen molar-refractivity contribution in [2.45, 2.75) is 6.42 Å². The molecule has 3 aromatic heterocycles. The first-order valence-electron chi connectivity index (χ1n) is 9.91. The molecule has 0 saturated heterocycles. The first kappa shape index (κ1) is 21.7. The lowest BCUT2D eigenvalue weighted by Crippen LogP contribution is -2.33. The van der Waals surface area contributed by atoms with Gasteiger partial charge in [-0.25, -0.2) is 4.40 Å². The van der Waals surface area contributed by atoms with Crippen molar-refractivity contribution in [2.24, 2.45) is 0 Å². The standard InChI is InChI=1S/C23H13ClN4O5S/c24-14-7-5-13(6-8-14)11-17-21(29)27-22(30)20(34-23(27)26-25-17)12-15-9-10-19(33-15)16-3-1-2-4-18(16)28(31)32/h1-10,12H,11H2/b20-12-. The number of aromatic nitrogens is 3. The molecule has 168 valence electrons. The van der Waals surface area contributed by atoms with Crippen molar-refractivity contribution < 1.29 is 9.34 Å². The summed E-state index contributed by atoms with van der Waals surface area (Å²) in [6.07, 6.45) is 1.68. The van der Waals surface area contributed by atoms with Crippen molar-refractivity contribution in [3.05, 3.63) is 118 Å². The Hall–Kier alpha value is -4.15. The molecule has 0 saturated carbocycles. The van der Waals surface area contributed by atoms with E-state index in [9.17, 15) is 19.7 Å². The Balaban J connectivity index is 1.54. The lowest BCUT2D eigenvalue weighted by atomic mass is 10.1. The largest absolute Gasteiger partial charge is 0.456 e. The quantitative estimate of drug-likeness (QED) is 0.272. The number of nitro groups is 1. The molecule has 0 unspecified atom stereocenters. The lowest BCUT2D eigenvalue weighted by molar-refractivity contribution is -0.384. The third-order valence-corrected chi connectivity index (χ3v) is 6.27. The molecule has 0 aliphatic rings. The molecule has 0 amide bonds. The van der Waals surface area contributed by atoms with Gasteiger partial charge in [-0.2, -0.15) is 0 Å². The molecule has 0 bridgehead atoms. The SMILES string of the molecule is O=c1c(Cc2ccc(Cl)cc2)nnc2s/c(=C\c3ccc(-c4ccccc4[N+](=O)[O-])o3)c(=O)n12. The summed E-state index contributed by atoms with van der Waals surface area (Å²) in [7, 11) is 0. The minimum Gasteiger partial charge on any atom is -0.456 e. The number of furan rings is 1. The van der Waals surface area contributed by atoms with Gasteiger partial charge in [0.25, 0.3) is 16.8 Å². The van der Waals surface area contributed by atoms with Gasteiger partial charge in [0.2, 0.25) is 4.96 Å². The van der Waals surface area contributed by atoms with Gasteiger partial charge in [0.1, 0.15) is 21.7 Å². The van der Waals surface area contributed by atoms with Crippen LogP contribution in [0, 0.1) is 10.1 Å². The molecule has 0 atom stereocenters. The van der Waals surface area contributed by atoms with E-state index in [2.05, 4.69) is 10.2 Å². The van der Waals surface area contributed by atoms with E-state index >= 15 is 0 Å². The maximum absolute atomic E-state index is 12.9. The van der Waals surface area contributed by atoms with Crippen LogP contribution >= 0.6 is 22.9 Å². The minimum absolute atomic E-state index is 0.0928. The molecule has 34 heavy (non-hydrogen) atoms. The number of hydrogen-bond acceptors (Lipinski definition) is 8. The summed E-state index contributed by atoms with van der Waals surface area (Å²) in [5.74, 6) is 0.591. The van der Waals surface area contributed by atoms with Crippen molar-refractivity contribution in [2.75, 3.05) is 0 Å². The average Bonchev–Trinajstić information content (AvgIpc) is 3.42. The number of benzene rings is 2. The van der Waals surface area contributed by atoms with Crippen molar-refractivity contribution in [1.29, 1.82) is 0 Å². The molecule has 0 fully saturated rings. The molecule has 0 radical (unpaired) electrons. The fourth-order valence-electron chi connectivity index (χ4n) is 3.45. The van der Waals surface area contributed by atoms with Gasteiger partial charge in [-0.15, -0.1) is 10.2 Å². The number of rotatable bonds is 5. The van der Waals surface area contributed by atoms with Crippen molar-refractivity contribution >= 4 is 39.7 Å². The van der Waals surface area contributed by atoms with Crippen molar-refractivity contribution in [3.8, 4) is 11.3 Å². The first-order valence-corrected chi connectivity index (χ1v) is 11.1. The zero-order valence-corrected chi connectivity index (χ0v) is 18.7. The molecule has 3 heterocycles. The Kier molecular flexibility index (Phi) is 5.52. The predicted molar refractivity (Wildman–Crippen MR) is 127 cm³/mol. The van der Waals surface area contributed by atoms with Crippen LogP contribution in [-0.4, -0.2) is 19.5 Å². The lowest BCUT2D eigenvalue weighted by Gasteiger charge is -2.00. The number of nitro benzene ring substituents is 1. The van der Waals surface area contributed by atoms with E-state index in [4.69, 9.17) is 16.0 Å². The summed E-state index contributed by atoms with van der Waals surface area (Å²) in [5, 5.41) is 19.9. The second kappa shape index (κ2) is 8.65. The van der Waals surface area contributed by atoms with Crippen LogP contribution in [0.25, 0.3) is 22.4 Å². The molecular weight excluding hydrogens is 480 g/mol. The highest BCUT2D eigenvalue weighted by Crippen LogP contribution is 2.30. The van der Waals surface area contributed by atoms with Gasteiger partial charge in [0, 0.05) is 23.6 Å². The van der Waals surface area contributed by atoms with Crippen molar-refractivity contribution in [1.82, 2.24) is 14.6 Å². The van der Waals surface area contributed by atoms with Gasteiger partial charge in [-0.05, 0) is 35.9 Å². The van der Waals surface area contributed by atoms with E-state index in [0.717, 1.165) is 21.3 Å². The molecule has 0 N–H and O–H groups in total. The normalized spacial score (nSPS) is 11.9. The summed E-state index contributed by atoms with van der Waals surface area (Å²) >= 11 is 6.90. The Morgan fingerprint density at radius 1 is 1.03 bits per heavy atom. The zero-order chi connectivity index (χ0) is 23.8. The molecule has 11 heteroatoms. The average molecular weight is 493 g/mol. The van der Waals surface area contributed by atoms with Crippen LogP contribution in [0.2, 0.25) is 5.02 Å². The highest BCUT2D eigenvalue weighted by molar-refractivity contribution is 7.15. The Labute approximate surface area is 199 Å². The molecule has 0 spiro atoms. The van der Waals surface area contributed by atoms with Crippen LogP contribution in [0.5, 0.6) is 0 Å². The van der Waals surface area contributed by atoms with Crippen LogP contribution in [-0.2, 0) is 6.42 Å². The van der Waals surface area contributed by atoms with Crippen LogP contribution in [0.3, 0.4) is 0 Å². The minimum atomic E-state index is -0.541. The van der Waals surface area contributed by atoms with Crippen LogP contribution in [0.15, 0.2) is 74.7 Å². The summed E-state index contributed by atoms with van der Waals surface area (Å²) in [6, 6.07) is 16.3. The van der Waals surface area contributed by atoms with Crippen LogP contribution in [0.4, 0.5) is 5.69 Å². The van der Waals surface area contributed by atoms with Gasteiger partial charge >= 0.3 is 0 Å². The van der Waals surface area contributed by atoms with Crippen LogP contribution in [0.1, 0.15) is 17.0 Å². The summed E-state index contributed by atoms with van der Waals surface area (Å²) < 4.78 is 6.94. The third-order valence-electron chi connectivity index (χ3n) is 5.06. The number of fused-ring (bicyclic) bond motifs is 1. The van der Waals surface area contributed by atoms with Crippen molar-refractivity contribution in [3.63, 3.8) is 0 Å². The highest BCUT2D eigenvalue weighted by Gasteiger charge is 2.17. The van der Waals surface area contributed by atoms with E-state index in [1.807, 2.05) is 0 Å². The maximum Gasteiger partial charge on any atom is 0.283 e. The number of hydrogen-bond donors (Lipinski definition) is 0. The van der Waals surface area contributed by atoms with E-state index in [1.165, 1.54) is 12.1 Å². The Bertz CT molecular complexity index is 1720.